The van der Waals surface area contributed by atoms with Crippen LogP contribution in [0.4, 0.5) is 20.3 Å². The van der Waals surface area contributed by atoms with E-state index in [1.54, 1.807) is 0 Å². The smallest absolute Gasteiger partial charge is 0.387 e. The minimum atomic E-state index is -3.09. The third-order valence-electron chi connectivity index (χ3n) is 4.91. The molecule has 2 rings (SSSR count). The summed E-state index contributed by atoms with van der Waals surface area (Å²) >= 11 is 0. The molecular formula is C22H28F2N4O7. The van der Waals surface area contributed by atoms with Gasteiger partial charge >= 0.3 is 18.3 Å². The molecule has 0 saturated carbocycles. The van der Waals surface area contributed by atoms with Crippen LogP contribution in [0.5, 0.6) is 11.5 Å². The number of carbonyl (C=O) groups excluding carboxylic acids is 2. The van der Waals surface area contributed by atoms with Crippen LogP contribution in [0.2, 0.25) is 0 Å². The van der Waals surface area contributed by atoms with E-state index >= 15 is 0 Å². The zero-order valence-electron chi connectivity index (χ0n) is 19.6. The molecule has 0 aliphatic heterocycles. The van der Waals surface area contributed by atoms with E-state index in [9.17, 15) is 28.0 Å². The minimum Gasteiger partial charge on any atom is -0.493 e. The summed E-state index contributed by atoms with van der Waals surface area (Å²) in [6, 6.07) is 3.40. The summed E-state index contributed by atoms with van der Waals surface area (Å²) in [6.45, 7) is 0.187. The van der Waals surface area contributed by atoms with Crippen LogP contribution >= 0.6 is 0 Å². The number of aromatic amines is 1. The monoisotopic (exact) mass is 498 g/mol. The Balaban J connectivity index is 2.27. The number of nitrogens with two attached hydrogens (primary N) is 1. The number of carbonyl (C=O) groups is 2. The molecule has 192 valence electrons. The van der Waals surface area contributed by atoms with Gasteiger partial charge in [0, 0.05) is 13.1 Å². The fraction of sp³-hybridized carbons (Fsp3) is 0.455. The first-order valence-electron chi connectivity index (χ1n) is 10.9. The highest BCUT2D eigenvalue weighted by Crippen LogP contribution is 2.29. The first kappa shape index (κ1) is 27.3. The van der Waals surface area contributed by atoms with Crippen molar-refractivity contribution in [3.05, 3.63) is 44.6 Å². The maximum Gasteiger partial charge on any atom is 0.387 e. The Bertz CT molecular complexity index is 1160. The van der Waals surface area contributed by atoms with E-state index in [-0.39, 0.29) is 41.7 Å². The van der Waals surface area contributed by atoms with Gasteiger partial charge in [0.25, 0.3) is 11.5 Å². The fourth-order valence-electron chi connectivity index (χ4n) is 3.24. The van der Waals surface area contributed by atoms with Gasteiger partial charge in [-0.3, -0.25) is 19.1 Å². The lowest BCUT2D eigenvalue weighted by Crippen LogP contribution is -2.43. The minimum absolute atomic E-state index is 0.0785. The van der Waals surface area contributed by atoms with Gasteiger partial charge in [-0.15, -0.1) is 0 Å². The lowest BCUT2D eigenvalue weighted by molar-refractivity contribution is -0.121. The molecule has 0 spiro atoms. The molecule has 1 aromatic heterocycles. The number of nitrogens with zero attached hydrogens (tertiary/aromatic N) is 2. The van der Waals surface area contributed by atoms with Gasteiger partial charge in [0.05, 0.1) is 12.7 Å². The number of aromatic nitrogens is 2. The van der Waals surface area contributed by atoms with Crippen LogP contribution in [0.25, 0.3) is 0 Å². The number of halogens is 2. The molecule has 0 bridgehead atoms. The van der Waals surface area contributed by atoms with E-state index in [1.165, 1.54) is 13.2 Å². The van der Waals surface area contributed by atoms with Crippen molar-refractivity contribution in [3.8, 4) is 11.5 Å². The van der Waals surface area contributed by atoms with Crippen molar-refractivity contribution in [2.24, 2.45) is 0 Å². The Kier molecular flexibility index (Phi) is 9.79. The molecule has 1 amide bonds. The fourth-order valence-corrected chi connectivity index (χ4v) is 3.24. The number of unbranched alkanes of at least 4 members (excludes halogenated alkanes) is 1. The third kappa shape index (κ3) is 6.80. The summed E-state index contributed by atoms with van der Waals surface area (Å²) in [5.41, 5.74) is 4.26. The largest absolute Gasteiger partial charge is 0.493 e. The highest BCUT2D eigenvalue weighted by Gasteiger charge is 2.25. The number of esters is 1. The summed E-state index contributed by atoms with van der Waals surface area (Å²) in [6.07, 6.45) is 1.75. The molecule has 0 radical (unpaired) electrons. The van der Waals surface area contributed by atoms with Gasteiger partial charge in [0.15, 0.2) is 23.8 Å². The van der Waals surface area contributed by atoms with E-state index in [1.807, 2.05) is 13.8 Å². The van der Waals surface area contributed by atoms with Crippen LogP contribution in [0.3, 0.4) is 0 Å². The highest BCUT2D eigenvalue weighted by atomic mass is 19.3. The van der Waals surface area contributed by atoms with Crippen LogP contribution in [-0.4, -0.2) is 48.3 Å². The van der Waals surface area contributed by atoms with Crippen molar-refractivity contribution in [2.45, 2.75) is 46.3 Å². The predicted molar refractivity (Wildman–Crippen MR) is 123 cm³/mol. The second kappa shape index (κ2) is 12.5. The molecule has 35 heavy (non-hydrogen) atoms. The van der Waals surface area contributed by atoms with E-state index in [0.29, 0.717) is 19.3 Å². The normalized spacial score (nSPS) is 10.8. The first-order valence-corrected chi connectivity index (χ1v) is 10.9. The Morgan fingerprint density at radius 1 is 1.17 bits per heavy atom. The molecule has 3 N–H and O–H groups in total. The molecule has 0 aliphatic carbocycles. The van der Waals surface area contributed by atoms with Crippen LogP contribution in [0.15, 0.2) is 27.8 Å². The summed E-state index contributed by atoms with van der Waals surface area (Å²) in [7, 11) is 1.21. The molecule has 1 heterocycles. The summed E-state index contributed by atoms with van der Waals surface area (Å²) in [4.78, 5) is 53.3. The number of ether oxygens (including phenoxy) is 3. The van der Waals surface area contributed by atoms with Crippen molar-refractivity contribution in [1.82, 2.24) is 9.55 Å². The number of nitrogens with one attached hydrogen (secondary N) is 1. The molecule has 0 unspecified atom stereocenters. The van der Waals surface area contributed by atoms with E-state index in [0.717, 1.165) is 21.6 Å². The number of alkyl halides is 2. The van der Waals surface area contributed by atoms with Crippen molar-refractivity contribution < 1.29 is 32.6 Å². The van der Waals surface area contributed by atoms with Crippen LogP contribution in [0.1, 0.15) is 43.5 Å². The molecule has 11 nitrogen and oxygen atoms in total. The zero-order chi connectivity index (χ0) is 26.1. The van der Waals surface area contributed by atoms with Crippen LogP contribution < -0.4 is 31.4 Å². The van der Waals surface area contributed by atoms with Crippen molar-refractivity contribution in [3.63, 3.8) is 0 Å². The van der Waals surface area contributed by atoms with Gasteiger partial charge in [0.2, 0.25) is 0 Å². The van der Waals surface area contributed by atoms with Gasteiger partial charge in [-0.05, 0) is 31.0 Å². The Morgan fingerprint density at radius 3 is 2.49 bits per heavy atom. The van der Waals surface area contributed by atoms with E-state index in [2.05, 4.69) is 9.72 Å². The number of methoxy groups -OCH3 is 1. The second-order valence-corrected chi connectivity index (χ2v) is 7.36. The third-order valence-corrected chi connectivity index (χ3v) is 4.91. The molecule has 13 heteroatoms. The summed E-state index contributed by atoms with van der Waals surface area (Å²) < 4.78 is 40.5. The van der Waals surface area contributed by atoms with Crippen molar-refractivity contribution in [1.29, 1.82) is 0 Å². The summed E-state index contributed by atoms with van der Waals surface area (Å²) in [5, 5.41) is 0. The number of hydrogen-bond acceptors (Lipinski definition) is 8. The molecule has 0 aliphatic rings. The maximum atomic E-state index is 13.0. The van der Waals surface area contributed by atoms with E-state index in [4.69, 9.17) is 15.2 Å². The maximum absolute atomic E-state index is 13.0. The average molecular weight is 498 g/mol. The van der Waals surface area contributed by atoms with Gasteiger partial charge in [-0.25, -0.2) is 9.59 Å². The predicted octanol–water partition coefficient (Wildman–Crippen LogP) is 2.13. The number of amides is 1. The molecular weight excluding hydrogens is 470 g/mol. The summed E-state index contributed by atoms with van der Waals surface area (Å²) in [5.74, 6) is -2.26. The SMILES string of the molecule is CCCCN(C(=O)COC(=O)c1ccc(OC(F)F)c(OC)c1)c1c(N)n(CCC)c(=O)[nH]c1=O. The number of hydrogen-bond donors (Lipinski definition) is 2. The zero-order valence-corrected chi connectivity index (χ0v) is 19.6. The molecule has 0 saturated heterocycles. The lowest BCUT2D eigenvalue weighted by Gasteiger charge is -2.24. The quantitative estimate of drug-likeness (QED) is 0.423. The number of nitrogen functional groups attached to an aromatic ring is 1. The Hall–Kier alpha value is -3.90. The average Bonchev–Trinajstić information content (AvgIpc) is 2.81. The molecule has 2 aromatic rings. The van der Waals surface area contributed by atoms with Crippen LogP contribution in [-0.2, 0) is 16.1 Å². The first-order chi connectivity index (χ1) is 16.6. The van der Waals surface area contributed by atoms with Gasteiger partial charge in [-0.2, -0.15) is 8.78 Å². The van der Waals surface area contributed by atoms with Crippen molar-refractivity contribution in [2.75, 3.05) is 30.9 Å². The highest BCUT2D eigenvalue weighted by molar-refractivity contribution is 5.98. The number of rotatable bonds is 12. The van der Waals surface area contributed by atoms with Gasteiger partial charge < -0.3 is 24.8 Å². The lowest BCUT2D eigenvalue weighted by atomic mass is 10.2. The topological polar surface area (TPSA) is 146 Å². The van der Waals surface area contributed by atoms with Gasteiger partial charge in [-0.1, -0.05) is 20.3 Å². The second-order valence-electron chi connectivity index (χ2n) is 7.36. The number of anilines is 2. The molecule has 1 aromatic carbocycles. The number of H-pyrrole nitrogens is 1. The van der Waals surface area contributed by atoms with Crippen LogP contribution in [0, 0.1) is 0 Å². The standard InChI is InChI=1S/C22H28F2N4O7/c1-4-6-10-27(17-18(25)28(9-5-2)22(32)26-19(17)30)16(29)12-34-20(31)13-7-8-14(35-21(23)24)15(11-13)33-3/h7-8,11,21H,4-6,9-10,12,25H2,1-3H3,(H,26,30,32). The molecule has 0 fully saturated rings. The number of benzene rings is 1. The Labute approximate surface area is 199 Å². The van der Waals surface area contributed by atoms with Crippen molar-refractivity contribution >= 4 is 23.4 Å². The van der Waals surface area contributed by atoms with E-state index < -0.39 is 36.3 Å². The Morgan fingerprint density at radius 2 is 1.89 bits per heavy atom. The van der Waals surface area contributed by atoms with Gasteiger partial charge in [0.1, 0.15) is 5.82 Å². The molecule has 0 atom stereocenters.